The molecular formula is C11H17N3O3S. The second-order valence-electron chi connectivity index (χ2n) is 4.30. The summed E-state index contributed by atoms with van der Waals surface area (Å²) in [6, 6.07) is 3.00. The maximum absolute atomic E-state index is 12.0. The summed E-state index contributed by atoms with van der Waals surface area (Å²) in [7, 11) is -3.56. The van der Waals surface area contributed by atoms with Gasteiger partial charge in [-0.25, -0.2) is 18.1 Å². The van der Waals surface area contributed by atoms with Gasteiger partial charge >= 0.3 is 0 Å². The zero-order chi connectivity index (χ0) is 13.0. The highest BCUT2D eigenvalue weighted by molar-refractivity contribution is 7.89. The van der Waals surface area contributed by atoms with E-state index in [0.717, 1.165) is 26.1 Å². The highest BCUT2D eigenvalue weighted by Gasteiger charge is 2.19. The maximum Gasteiger partial charge on any atom is 0.244 e. The van der Waals surface area contributed by atoms with Crippen LogP contribution in [0.25, 0.3) is 0 Å². The summed E-state index contributed by atoms with van der Waals surface area (Å²) in [5.41, 5.74) is 5.55. The molecule has 0 saturated carbocycles. The average Bonchev–Trinajstić information content (AvgIpc) is 2.82. The van der Waals surface area contributed by atoms with Crippen LogP contribution in [0.15, 0.2) is 23.2 Å². The van der Waals surface area contributed by atoms with Crippen LogP contribution in [0.3, 0.4) is 0 Å². The standard InChI is InChI=1S/C11H17N3O3S/c12-11-10(2-1-5-13-11)18(15,16)14-6-3-9-4-7-17-8-9/h1-2,5,9,14H,3-4,6-8H2,(H2,12,13). The first-order valence-corrected chi connectivity index (χ1v) is 7.36. The van der Waals surface area contributed by atoms with Gasteiger partial charge in [-0.1, -0.05) is 0 Å². The van der Waals surface area contributed by atoms with Gasteiger partial charge in [0.1, 0.15) is 10.7 Å². The lowest BCUT2D eigenvalue weighted by Crippen LogP contribution is -2.27. The summed E-state index contributed by atoms with van der Waals surface area (Å²) < 4.78 is 31.7. The number of nitrogens with one attached hydrogen (secondary N) is 1. The molecule has 6 nitrogen and oxygen atoms in total. The lowest BCUT2D eigenvalue weighted by atomic mass is 10.1. The molecule has 1 unspecified atom stereocenters. The van der Waals surface area contributed by atoms with E-state index in [1.165, 1.54) is 12.3 Å². The predicted molar refractivity (Wildman–Crippen MR) is 67.4 cm³/mol. The zero-order valence-electron chi connectivity index (χ0n) is 10.0. The lowest BCUT2D eigenvalue weighted by Gasteiger charge is -2.10. The van der Waals surface area contributed by atoms with Crippen molar-refractivity contribution >= 4 is 15.8 Å². The first-order chi connectivity index (χ1) is 8.59. The molecule has 100 valence electrons. The largest absolute Gasteiger partial charge is 0.383 e. The van der Waals surface area contributed by atoms with Crippen molar-refractivity contribution in [3.05, 3.63) is 18.3 Å². The zero-order valence-corrected chi connectivity index (χ0v) is 10.8. The van der Waals surface area contributed by atoms with Crippen molar-refractivity contribution < 1.29 is 13.2 Å². The normalized spacial score (nSPS) is 20.1. The SMILES string of the molecule is Nc1ncccc1S(=O)(=O)NCCC1CCOC1. The summed E-state index contributed by atoms with van der Waals surface area (Å²) in [5.74, 6) is 0.466. The van der Waals surface area contributed by atoms with Crippen molar-refractivity contribution in [1.82, 2.24) is 9.71 Å². The molecule has 18 heavy (non-hydrogen) atoms. The average molecular weight is 271 g/mol. The lowest BCUT2D eigenvalue weighted by molar-refractivity contribution is 0.184. The van der Waals surface area contributed by atoms with Gasteiger partial charge in [0.25, 0.3) is 0 Å². The van der Waals surface area contributed by atoms with Crippen molar-refractivity contribution in [3.63, 3.8) is 0 Å². The van der Waals surface area contributed by atoms with Crippen molar-refractivity contribution in [1.29, 1.82) is 0 Å². The van der Waals surface area contributed by atoms with Crippen molar-refractivity contribution in [2.45, 2.75) is 17.7 Å². The number of nitrogen functional groups attached to an aromatic ring is 1. The molecule has 7 heteroatoms. The van der Waals surface area contributed by atoms with Crippen molar-refractivity contribution in [2.75, 3.05) is 25.5 Å². The summed E-state index contributed by atoms with van der Waals surface area (Å²) in [4.78, 5) is 3.80. The van der Waals surface area contributed by atoms with Crippen LogP contribution < -0.4 is 10.5 Å². The van der Waals surface area contributed by atoms with Crippen molar-refractivity contribution in [3.8, 4) is 0 Å². The van der Waals surface area contributed by atoms with Gasteiger partial charge in [-0.15, -0.1) is 0 Å². The highest BCUT2D eigenvalue weighted by atomic mass is 32.2. The fraction of sp³-hybridized carbons (Fsp3) is 0.545. The third-order valence-electron chi connectivity index (χ3n) is 2.96. The Labute approximate surface area is 107 Å². The van der Waals surface area contributed by atoms with E-state index in [9.17, 15) is 8.42 Å². The molecule has 1 fully saturated rings. The van der Waals surface area contributed by atoms with E-state index < -0.39 is 10.0 Å². The Morgan fingerprint density at radius 2 is 2.39 bits per heavy atom. The van der Waals surface area contributed by atoms with Gasteiger partial charge < -0.3 is 10.5 Å². The van der Waals surface area contributed by atoms with Gasteiger partial charge in [0.2, 0.25) is 10.0 Å². The molecule has 1 aromatic rings. The summed E-state index contributed by atoms with van der Waals surface area (Å²) >= 11 is 0. The van der Waals surface area contributed by atoms with E-state index in [4.69, 9.17) is 10.5 Å². The van der Waals surface area contributed by atoms with Crippen LogP contribution in [-0.2, 0) is 14.8 Å². The molecule has 1 atom stereocenters. The topological polar surface area (TPSA) is 94.3 Å². The molecule has 0 spiro atoms. The smallest absolute Gasteiger partial charge is 0.244 e. The summed E-state index contributed by atoms with van der Waals surface area (Å²) in [5, 5.41) is 0. The molecule has 0 radical (unpaired) electrons. The first kappa shape index (κ1) is 13.3. The molecule has 1 aliphatic heterocycles. The molecule has 0 amide bonds. The number of rotatable bonds is 5. The van der Waals surface area contributed by atoms with Crippen LogP contribution in [0.4, 0.5) is 5.82 Å². The van der Waals surface area contributed by atoms with Crippen LogP contribution in [0.2, 0.25) is 0 Å². The molecule has 3 N–H and O–H groups in total. The third-order valence-corrected chi connectivity index (χ3v) is 4.47. The number of hydrogen-bond acceptors (Lipinski definition) is 5. The second kappa shape index (κ2) is 5.64. The summed E-state index contributed by atoms with van der Waals surface area (Å²) in [6.45, 7) is 1.88. The number of nitrogens with zero attached hydrogens (tertiary/aromatic N) is 1. The van der Waals surface area contributed by atoms with E-state index in [2.05, 4.69) is 9.71 Å². The molecular weight excluding hydrogens is 254 g/mol. The first-order valence-electron chi connectivity index (χ1n) is 5.87. The number of pyridine rings is 1. The Kier molecular flexibility index (Phi) is 4.15. The Morgan fingerprint density at radius 1 is 1.56 bits per heavy atom. The van der Waals surface area contributed by atoms with E-state index in [0.29, 0.717) is 12.5 Å². The maximum atomic E-state index is 12.0. The number of ether oxygens (including phenoxy) is 1. The Balaban J connectivity index is 1.93. The second-order valence-corrected chi connectivity index (χ2v) is 6.04. The van der Waals surface area contributed by atoms with E-state index >= 15 is 0 Å². The van der Waals surface area contributed by atoms with Crippen LogP contribution in [0.5, 0.6) is 0 Å². The van der Waals surface area contributed by atoms with Gasteiger partial charge in [0, 0.05) is 26.0 Å². The third kappa shape index (κ3) is 3.18. The Bertz CT molecular complexity index is 498. The van der Waals surface area contributed by atoms with E-state index in [-0.39, 0.29) is 10.7 Å². The van der Waals surface area contributed by atoms with Gasteiger partial charge in [0.15, 0.2) is 0 Å². The molecule has 1 aromatic heterocycles. The minimum Gasteiger partial charge on any atom is -0.383 e. The fourth-order valence-electron chi connectivity index (χ4n) is 1.92. The number of sulfonamides is 1. The fourth-order valence-corrected chi connectivity index (χ4v) is 3.04. The van der Waals surface area contributed by atoms with E-state index in [1.54, 1.807) is 6.07 Å². The molecule has 1 saturated heterocycles. The number of hydrogen-bond donors (Lipinski definition) is 2. The summed E-state index contributed by atoms with van der Waals surface area (Å²) in [6.07, 6.45) is 3.24. The quantitative estimate of drug-likeness (QED) is 0.807. The highest BCUT2D eigenvalue weighted by Crippen LogP contribution is 2.17. The van der Waals surface area contributed by atoms with Gasteiger partial charge in [-0.3, -0.25) is 0 Å². The van der Waals surface area contributed by atoms with Crippen LogP contribution >= 0.6 is 0 Å². The molecule has 0 aromatic carbocycles. The van der Waals surface area contributed by atoms with Crippen LogP contribution in [-0.4, -0.2) is 33.2 Å². The monoisotopic (exact) mass is 271 g/mol. The molecule has 2 rings (SSSR count). The number of nitrogens with two attached hydrogens (primary N) is 1. The molecule has 0 bridgehead atoms. The Hall–Kier alpha value is -1.18. The Morgan fingerprint density at radius 3 is 3.06 bits per heavy atom. The number of anilines is 1. The minimum atomic E-state index is -3.56. The van der Waals surface area contributed by atoms with Gasteiger partial charge in [-0.05, 0) is 30.9 Å². The van der Waals surface area contributed by atoms with Crippen LogP contribution in [0, 0.1) is 5.92 Å². The van der Waals surface area contributed by atoms with Gasteiger partial charge in [-0.2, -0.15) is 0 Å². The molecule has 1 aliphatic rings. The molecule has 2 heterocycles. The van der Waals surface area contributed by atoms with Crippen LogP contribution in [0.1, 0.15) is 12.8 Å². The number of aromatic nitrogens is 1. The van der Waals surface area contributed by atoms with Gasteiger partial charge in [0.05, 0.1) is 0 Å². The predicted octanol–water partition coefficient (Wildman–Crippen LogP) is 0.369. The minimum absolute atomic E-state index is 0.0224. The van der Waals surface area contributed by atoms with Crippen molar-refractivity contribution in [2.24, 2.45) is 5.92 Å². The van der Waals surface area contributed by atoms with E-state index in [1.807, 2.05) is 0 Å². The molecule has 0 aliphatic carbocycles.